The van der Waals surface area contributed by atoms with Gasteiger partial charge in [-0.25, -0.2) is 4.39 Å². The first-order valence-corrected chi connectivity index (χ1v) is 7.36. The minimum atomic E-state index is -0.258. The van der Waals surface area contributed by atoms with Crippen molar-refractivity contribution in [2.45, 2.75) is 25.4 Å². The van der Waals surface area contributed by atoms with E-state index in [2.05, 4.69) is 16.8 Å². The molecule has 3 aliphatic rings. The maximum Gasteiger partial charge on any atom is 0.124 e. The summed E-state index contributed by atoms with van der Waals surface area (Å²) in [5, 5.41) is 0.550. The summed E-state index contributed by atoms with van der Waals surface area (Å²) < 4.78 is 13.1. The van der Waals surface area contributed by atoms with Crippen molar-refractivity contribution in [3.8, 4) is 0 Å². The standard InChI is InChI=1S/C15H20ClFN2/c1-18-7-11-2-5-14(10-18)19(8-11)9-12-3-4-13(17)6-15(12)16/h3-4,6,11,14H,2,5,7-10H2,1H3. The molecule has 3 heterocycles. The fourth-order valence-electron chi connectivity index (χ4n) is 3.48. The lowest BCUT2D eigenvalue weighted by atomic mass is 9.94. The molecule has 0 aliphatic carbocycles. The largest absolute Gasteiger partial charge is 0.304 e. The van der Waals surface area contributed by atoms with E-state index in [1.165, 1.54) is 31.5 Å². The molecule has 4 heteroatoms. The molecule has 0 spiro atoms. The lowest BCUT2D eigenvalue weighted by molar-refractivity contribution is 0.124. The van der Waals surface area contributed by atoms with Crippen LogP contribution in [0.5, 0.6) is 0 Å². The van der Waals surface area contributed by atoms with Gasteiger partial charge in [0.15, 0.2) is 0 Å². The molecule has 3 fully saturated rings. The van der Waals surface area contributed by atoms with E-state index in [-0.39, 0.29) is 5.82 Å². The molecule has 0 N–H and O–H groups in total. The van der Waals surface area contributed by atoms with Crippen LogP contribution in [0.3, 0.4) is 0 Å². The van der Waals surface area contributed by atoms with Crippen LogP contribution in [0.25, 0.3) is 0 Å². The van der Waals surface area contributed by atoms with E-state index in [0.717, 1.165) is 31.1 Å². The second-order valence-electron chi connectivity index (χ2n) is 5.98. The smallest absolute Gasteiger partial charge is 0.124 e. The van der Waals surface area contributed by atoms with E-state index in [1.807, 2.05) is 6.07 Å². The van der Waals surface area contributed by atoms with E-state index in [0.29, 0.717) is 11.1 Å². The highest BCUT2D eigenvalue weighted by atomic mass is 35.5. The Morgan fingerprint density at radius 1 is 1.26 bits per heavy atom. The minimum Gasteiger partial charge on any atom is -0.304 e. The molecule has 2 nitrogen and oxygen atoms in total. The zero-order valence-corrected chi connectivity index (χ0v) is 12.0. The molecule has 2 atom stereocenters. The van der Waals surface area contributed by atoms with E-state index in [4.69, 9.17) is 11.6 Å². The summed E-state index contributed by atoms with van der Waals surface area (Å²) >= 11 is 6.14. The summed E-state index contributed by atoms with van der Waals surface area (Å²) in [7, 11) is 2.21. The van der Waals surface area contributed by atoms with Gasteiger partial charge in [0.1, 0.15) is 5.82 Å². The number of rotatable bonds is 2. The minimum absolute atomic E-state index is 0.258. The average molecular weight is 283 g/mol. The maximum absolute atomic E-state index is 13.1. The highest BCUT2D eigenvalue weighted by Crippen LogP contribution is 2.30. The zero-order valence-electron chi connectivity index (χ0n) is 11.3. The van der Waals surface area contributed by atoms with Crippen LogP contribution in [0.4, 0.5) is 4.39 Å². The van der Waals surface area contributed by atoms with E-state index >= 15 is 0 Å². The molecule has 1 aromatic carbocycles. The van der Waals surface area contributed by atoms with Crippen molar-refractivity contribution in [2.75, 3.05) is 26.7 Å². The van der Waals surface area contributed by atoms with Gasteiger partial charge in [0.2, 0.25) is 0 Å². The highest BCUT2D eigenvalue weighted by Gasteiger charge is 2.33. The average Bonchev–Trinajstić information content (AvgIpc) is 2.61. The van der Waals surface area contributed by atoms with E-state index in [9.17, 15) is 4.39 Å². The van der Waals surface area contributed by atoms with Gasteiger partial charge in [-0.05, 0) is 43.5 Å². The maximum atomic E-state index is 13.1. The third-order valence-electron chi connectivity index (χ3n) is 4.40. The summed E-state index contributed by atoms with van der Waals surface area (Å²) in [4.78, 5) is 4.96. The van der Waals surface area contributed by atoms with Gasteiger partial charge in [-0.1, -0.05) is 17.7 Å². The normalized spacial score (nSPS) is 28.6. The third-order valence-corrected chi connectivity index (χ3v) is 4.75. The molecule has 4 rings (SSSR count). The Hall–Kier alpha value is -0.640. The molecule has 0 aromatic heterocycles. The molecule has 0 saturated carbocycles. The number of hydrogen-bond donors (Lipinski definition) is 0. The summed E-state index contributed by atoms with van der Waals surface area (Å²) in [6, 6.07) is 5.35. The van der Waals surface area contributed by atoms with Crippen LogP contribution in [0.2, 0.25) is 5.02 Å². The monoisotopic (exact) mass is 282 g/mol. The molecule has 2 bridgehead atoms. The fourth-order valence-corrected chi connectivity index (χ4v) is 3.70. The van der Waals surface area contributed by atoms with Crippen molar-refractivity contribution in [1.29, 1.82) is 0 Å². The predicted octanol–water partition coefficient (Wildman–Crippen LogP) is 3.01. The van der Waals surface area contributed by atoms with E-state index in [1.54, 1.807) is 0 Å². The van der Waals surface area contributed by atoms with Gasteiger partial charge in [-0.2, -0.15) is 0 Å². The number of hydrogen-bond acceptors (Lipinski definition) is 2. The molecule has 2 unspecified atom stereocenters. The first-order chi connectivity index (χ1) is 9.11. The Balaban J connectivity index is 1.76. The Labute approximate surface area is 119 Å². The van der Waals surface area contributed by atoms with Gasteiger partial charge in [0.25, 0.3) is 0 Å². The Bertz CT molecular complexity index is 465. The third kappa shape index (κ3) is 2.93. The number of fused-ring (bicyclic) bond motifs is 4. The number of likely N-dealkylation sites (N-methyl/N-ethyl adjacent to an activating group) is 1. The number of halogens is 2. The van der Waals surface area contributed by atoms with Crippen LogP contribution in [-0.4, -0.2) is 42.5 Å². The van der Waals surface area contributed by atoms with Crippen LogP contribution in [0.15, 0.2) is 18.2 Å². The molecular weight excluding hydrogens is 263 g/mol. The second-order valence-corrected chi connectivity index (χ2v) is 6.39. The SMILES string of the molecule is CN1CC2CCC(C1)N(Cc1ccc(F)cc1Cl)C2. The van der Waals surface area contributed by atoms with Crippen LogP contribution >= 0.6 is 11.6 Å². The van der Waals surface area contributed by atoms with E-state index < -0.39 is 0 Å². The first-order valence-electron chi connectivity index (χ1n) is 6.98. The molecule has 0 radical (unpaired) electrons. The topological polar surface area (TPSA) is 6.48 Å². The van der Waals surface area contributed by atoms with Gasteiger partial charge in [-0.3, -0.25) is 4.90 Å². The molecule has 3 saturated heterocycles. The predicted molar refractivity (Wildman–Crippen MR) is 75.8 cm³/mol. The lowest BCUT2D eigenvalue weighted by Crippen LogP contribution is -2.43. The first kappa shape index (κ1) is 13.3. The quantitative estimate of drug-likeness (QED) is 0.823. The Morgan fingerprint density at radius 2 is 2.11 bits per heavy atom. The van der Waals surface area contributed by atoms with Gasteiger partial charge in [-0.15, -0.1) is 0 Å². The van der Waals surface area contributed by atoms with Crippen LogP contribution < -0.4 is 0 Å². The van der Waals surface area contributed by atoms with Crippen molar-refractivity contribution in [3.63, 3.8) is 0 Å². The van der Waals surface area contributed by atoms with Crippen LogP contribution in [-0.2, 0) is 6.54 Å². The molecular formula is C15H20ClFN2. The summed E-state index contributed by atoms with van der Waals surface area (Å²) in [5.41, 5.74) is 1.04. The second kappa shape index (κ2) is 5.39. The van der Waals surface area contributed by atoms with Crippen molar-refractivity contribution in [3.05, 3.63) is 34.6 Å². The summed E-state index contributed by atoms with van der Waals surface area (Å²) in [6.45, 7) is 4.32. The van der Waals surface area contributed by atoms with Crippen molar-refractivity contribution in [1.82, 2.24) is 9.80 Å². The number of benzene rings is 1. The van der Waals surface area contributed by atoms with Crippen molar-refractivity contribution in [2.24, 2.45) is 5.92 Å². The molecule has 19 heavy (non-hydrogen) atoms. The van der Waals surface area contributed by atoms with Crippen molar-refractivity contribution < 1.29 is 4.39 Å². The fraction of sp³-hybridized carbons (Fsp3) is 0.600. The van der Waals surface area contributed by atoms with Gasteiger partial charge >= 0.3 is 0 Å². The summed E-state index contributed by atoms with van der Waals surface area (Å²) in [5.74, 6) is 0.508. The molecule has 104 valence electrons. The van der Waals surface area contributed by atoms with Gasteiger partial charge in [0, 0.05) is 37.2 Å². The Kier molecular flexibility index (Phi) is 3.79. The van der Waals surface area contributed by atoms with Gasteiger partial charge < -0.3 is 4.90 Å². The highest BCUT2D eigenvalue weighted by molar-refractivity contribution is 6.31. The lowest BCUT2D eigenvalue weighted by Gasteiger charge is -2.36. The summed E-state index contributed by atoms with van der Waals surface area (Å²) in [6.07, 6.45) is 2.61. The molecule has 0 amide bonds. The Morgan fingerprint density at radius 3 is 2.89 bits per heavy atom. The van der Waals surface area contributed by atoms with Crippen molar-refractivity contribution >= 4 is 11.6 Å². The molecule has 1 aromatic rings. The van der Waals surface area contributed by atoms with Crippen LogP contribution in [0.1, 0.15) is 18.4 Å². The van der Waals surface area contributed by atoms with Crippen LogP contribution in [0, 0.1) is 11.7 Å². The molecule has 3 aliphatic heterocycles. The number of nitrogens with zero attached hydrogens (tertiary/aromatic N) is 2. The van der Waals surface area contributed by atoms with Gasteiger partial charge in [0.05, 0.1) is 0 Å². The number of piperidine rings is 1. The zero-order chi connectivity index (χ0) is 13.4.